The normalized spacial score (nSPS) is 16.9. The van der Waals surface area contributed by atoms with Gasteiger partial charge in [-0.3, -0.25) is 0 Å². The van der Waals surface area contributed by atoms with Crippen LogP contribution in [0.4, 0.5) is 5.69 Å². The molecule has 2 heterocycles. The van der Waals surface area contributed by atoms with Crippen LogP contribution in [-0.2, 0) is 4.74 Å². The molecule has 0 aliphatic carbocycles. The molecule has 3 rings (SSSR count). The third-order valence-corrected chi connectivity index (χ3v) is 7.04. The number of rotatable bonds is 12. The number of para-hydroxylation sites is 1. The molecule has 0 spiro atoms. The van der Waals surface area contributed by atoms with Gasteiger partial charge in [-0.15, -0.1) is 0 Å². The van der Waals surface area contributed by atoms with Gasteiger partial charge in [0.15, 0.2) is 11.3 Å². The van der Waals surface area contributed by atoms with Crippen LogP contribution < -0.4 is 4.90 Å². The van der Waals surface area contributed by atoms with Gasteiger partial charge in [-0.25, -0.2) is 0 Å². The van der Waals surface area contributed by atoms with E-state index in [1.54, 1.807) is 0 Å². The summed E-state index contributed by atoms with van der Waals surface area (Å²) in [7, 11) is 0. The fraction of sp³-hybridized carbons (Fsp3) is 0.382. The molecular formula is C34H38N4O. The summed E-state index contributed by atoms with van der Waals surface area (Å²) in [5, 5.41) is 28.1. The lowest BCUT2D eigenvalue weighted by molar-refractivity contribution is 0.0954. The predicted molar refractivity (Wildman–Crippen MR) is 158 cm³/mol. The van der Waals surface area contributed by atoms with Gasteiger partial charge in [0.2, 0.25) is 0 Å². The van der Waals surface area contributed by atoms with E-state index in [0.717, 1.165) is 12.1 Å². The number of nitriles is 3. The first-order chi connectivity index (χ1) is 19.0. The molecule has 0 bridgehead atoms. The summed E-state index contributed by atoms with van der Waals surface area (Å²) in [5.74, 6) is 0.0544. The lowest BCUT2D eigenvalue weighted by Gasteiger charge is -2.27. The van der Waals surface area contributed by atoms with Crippen molar-refractivity contribution in [3.05, 3.63) is 95.0 Å². The largest absolute Gasteiger partial charge is 0.480 e. The van der Waals surface area contributed by atoms with Crippen molar-refractivity contribution < 1.29 is 4.74 Å². The zero-order valence-electron chi connectivity index (χ0n) is 23.4. The second-order valence-electron chi connectivity index (χ2n) is 10.3. The minimum atomic E-state index is -0.814. The molecule has 0 saturated heterocycles. The Balaban J connectivity index is 1.66. The average molecular weight is 519 g/mol. The fourth-order valence-electron chi connectivity index (χ4n) is 4.92. The van der Waals surface area contributed by atoms with Crippen LogP contribution in [0.15, 0.2) is 89.4 Å². The molecule has 0 atom stereocenters. The molecule has 0 fully saturated rings. The molecule has 39 heavy (non-hydrogen) atoms. The van der Waals surface area contributed by atoms with Crippen molar-refractivity contribution in [1.82, 2.24) is 0 Å². The van der Waals surface area contributed by atoms with Crippen molar-refractivity contribution in [3.8, 4) is 18.2 Å². The molecule has 2 aliphatic heterocycles. The highest BCUT2D eigenvalue weighted by Crippen LogP contribution is 2.40. The molecule has 200 valence electrons. The average Bonchev–Trinajstić information content (AvgIpc) is 3.20. The molecule has 0 N–H and O–H groups in total. The zero-order valence-corrected chi connectivity index (χ0v) is 23.4. The maximum atomic E-state index is 9.67. The van der Waals surface area contributed by atoms with Gasteiger partial charge in [0.25, 0.3) is 0 Å². The van der Waals surface area contributed by atoms with Crippen LogP contribution in [-0.4, -0.2) is 12.1 Å². The van der Waals surface area contributed by atoms with Crippen LogP contribution in [0.25, 0.3) is 5.57 Å². The molecule has 2 aliphatic rings. The summed E-state index contributed by atoms with van der Waals surface area (Å²) in [4.78, 5) is 2.35. The maximum Gasteiger partial charge on any atom is 0.172 e. The Kier molecular flexibility index (Phi) is 11.0. The lowest BCUT2D eigenvalue weighted by Crippen LogP contribution is -2.21. The summed E-state index contributed by atoms with van der Waals surface area (Å²) in [5.41, 5.74) is 3.44. The molecule has 0 amide bonds. The second-order valence-corrected chi connectivity index (χ2v) is 10.3. The zero-order chi connectivity index (χ0) is 28.1. The van der Waals surface area contributed by atoms with E-state index in [-0.39, 0.29) is 16.9 Å². The number of benzene rings is 1. The Hall–Kier alpha value is -4.27. The number of fused-ring (bicyclic) bond motifs is 1. The summed E-state index contributed by atoms with van der Waals surface area (Å²) in [6.07, 6.45) is 24.5. The summed E-state index contributed by atoms with van der Waals surface area (Å²) < 4.78 is 5.81. The Morgan fingerprint density at radius 2 is 1.62 bits per heavy atom. The smallest absolute Gasteiger partial charge is 0.172 e. The Morgan fingerprint density at radius 3 is 2.31 bits per heavy atom. The molecule has 0 aromatic heterocycles. The van der Waals surface area contributed by atoms with E-state index in [0.29, 0.717) is 5.57 Å². The number of ether oxygens (including phenoxy) is 1. The molecule has 5 heteroatoms. The van der Waals surface area contributed by atoms with E-state index in [1.807, 2.05) is 50.3 Å². The number of hydrogen-bond donors (Lipinski definition) is 0. The van der Waals surface area contributed by atoms with Crippen LogP contribution in [0, 0.1) is 34.0 Å². The first-order valence-electron chi connectivity index (χ1n) is 13.9. The number of hydrogen-bond acceptors (Lipinski definition) is 5. The molecule has 1 aromatic rings. The summed E-state index contributed by atoms with van der Waals surface area (Å²) >= 11 is 0. The van der Waals surface area contributed by atoms with Crippen molar-refractivity contribution in [1.29, 1.82) is 15.8 Å². The number of anilines is 1. The van der Waals surface area contributed by atoms with E-state index in [2.05, 4.69) is 60.5 Å². The Labute approximate surface area is 234 Å². The van der Waals surface area contributed by atoms with Gasteiger partial charge < -0.3 is 9.64 Å². The van der Waals surface area contributed by atoms with Crippen molar-refractivity contribution in [2.75, 3.05) is 11.4 Å². The maximum absolute atomic E-state index is 9.67. The second kappa shape index (κ2) is 14.6. The van der Waals surface area contributed by atoms with Crippen molar-refractivity contribution in [2.45, 2.75) is 77.7 Å². The topological polar surface area (TPSA) is 83.8 Å². The van der Waals surface area contributed by atoms with Gasteiger partial charge in [0, 0.05) is 29.6 Å². The lowest BCUT2D eigenvalue weighted by atomic mass is 9.94. The SMILES string of the molecule is CCCCCCCCCCN1C=CC(=CC=CC=CC2=C(C#N)C(=C(C#N)C#N)OC2(C)C)c2ccccc21. The minimum Gasteiger partial charge on any atom is -0.480 e. The molecule has 0 unspecified atom stereocenters. The Bertz CT molecular complexity index is 1320. The molecular weight excluding hydrogens is 480 g/mol. The van der Waals surface area contributed by atoms with Crippen LogP contribution in [0.1, 0.15) is 77.7 Å². The van der Waals surface area contributed by atoms with E-state index >= 15 is 0 Å². The molecule has 0 radical (unpaired) electrons. The molecule has 1 aromatic carbocycles. The monoisotopic (exact) mass is 518 g/mol. The number of unbranched alkanes of at least 4 members (excludes halogenated alkanes) is 7. The third kappa shape index (κ3) is 7.63. The van der Waals surface area contributed by atoms with Crippen molar-refractivity contribution >= 4 is 11.3 Å². The van der Waals surface area contributed by atoms with Gasteiger partial charge in [-0.05, 0) is 38.0 Å². The van der Waals surface area contributed by atoms with Crippen molar-refractivity contribution in [3.63, 3.8) is 0 Å². The van der Waals surface area contributed by atoms with Gasteiger partial charge in [0.1, 0.15) is 29.4 Å². The predicted octanol–water partition coefficient (Wildman–Crippen LogP) is 8.59. The summed E-state index contributed by atoms with van der Waals surface area (Å²) in [6, 6.07) is 14.2. The first kappa shape index (κ1) is 29.3. The highest BCUT2D eigenvalue weighted by Gasteiger charge is 2.38. The van der Waals surface area contributed by atoms with Crippen LogP contribution in [0.3, 0.4) is 0 Å². The van der Waals surface area contributed by atoms with Gasteiger partial charge in [-0.2, -0.15) is 15.8 Å². The molecule has 0 saturated carbocycles. The van der Waals surface area contributed by atoms with E-state index in [1.165, 1.54) is 62.6 Å². The number of nitrogens with zero attached hydrogens (tertiary/aromatic N) is 4. The molecule has 5 nitrogen and oxygen atoms in total. The van der Waals surface area contributed by atoms with Gasteiger partial charge >= 0.3 is 0 Å². The minimum absolute atomic E-state index is 0.0544. The summed E-state index contributed by atoms with van der Waals surface area (Å²) in [6.45, 7) is 6.92. The van der Waals surface area contributed by atoms with Gasteiger partial charge in [0.05, 0.1) is 0 Å². The van der Waals surface area contributed by atoms with E-state index < -0.39 is 5.60 Å². The van der Waals surface area contributed by atoms with E-state index in [4.69, 9.17) is 4.74 Å². The highest BCUT2D eigenvalue weighted by molar-refractivity contribution is 5.86. The third-order valence-electron chi connectivity index (χ3n) is 7.04. The highest BCUT2D eigenvalue weighted by atomic mass is 16.5. The van der Waals surface area contributed by atoms with Crippen LogP contribution in [0.2, 0.25) is 0 Å². The van der Waals surface area contributed by atoms with Crippen LogP contribution in [0.5, 0.6) is 0 Å². The quantitative estimate of drug-likeness (QED) is 0.157. The number of allylic oxidation sites excluding steroid dienone is 8. The fourth-order valence-corrected chi connectivity index (χ4v) is 4.92. The van der Waals surface area contributed by atoms with Crippen molar-refractivity contribution in [2.24, 2.45) is 0 Å². The Morgan fingerprint density at radius 1 is 0.923 bits per heavy atom. The first-order valence-corrected chi connectivity index (χ1v) is 13.9. The standard InChI is InChI=1S/C34H38N4O/c1-4-5-6-7-8-9-10-16-22-38-23-21-27(29-18-14-15-20-32(29)38)17-12-11-13-19-31-30(26-37)33(28(24-35)25-36)39-34(31,2)3/h11-15,17-21,23H,4-10,16,22H2,1-3H3. The van der Waals surface area contributed by atoms with E-state index in [9.17, 15) is 15.8 Å². The van der Waals surface area contributed by atoms with Gasteiger partial charge in [-0.1, -0.05) is 100 Å². The van der Waals surface area contributed by atoms with Crippen LogP contribution >= 0.6 is 0 Å².